The van der Waals surface area contributed by atoms with Gasteiger partial charge < -0.3 is 5.32 Å². The Morgan fingerprint density at radius 3 is 2.32 bits per heavy atom. The molecule has 182 valence electrons. The highest BCUT2D eigenvalue weighted by Gasteiger charge is 2.27. The van der Waals surface area contributed by atoms with E-state index in [-0.39, 0.29) is 23.4 Å². The summed E-state index contributed by atoms with van der Waals surface area (Å²) in [7, 11) is -3.97. The number of aromatic nitrogens is 2. The molecule has 3 aromatic rings. The number of nitrogens with zero attached hydrogens (tertiary/aromatic N) is 3. The van der Waals surface area contributed by atoms with Gasteiger partial charge in [0.1, 0.15) is 11.6 Å². The number of benzene rings is 2. The summed E-state index contributed by atoms with van der Waals surface area (Å²) in [5.41, 5.74) is 1.31. The van der Waals surface area contributed by atoms with E-state index in [1.54, 1.807) is 10.7 Å². The van der Waals surface area contributed by atoms with Crippen LogP contribution in [0.15, 0.2) is 65.6 Å². The van der Waals surface area contributed by atoms with Gasteiger partial charge in [-0.3, -0.25) is 4.79 Å². The van der Waals surface area contributed by atoms with Crippen LogP contribution in [0.4, 0.5) is 10.2 Å². The lowest BCUT2D eigenvalue weighted by Crippen LogP contribution is -2.38. The van der Waals surface area contributed by atoms with Crippen LogP contribution in [0.1, 0.15) is 46.2 Å². The highest BCUT2D eigenvalue weighted by Crippen LogP contribution is 2.26. The molecule has 0 fully saturated rings. The third-order valence-corrected chi connectivity index (χ3v) is 7.14. The van der Waals surface area contributed by atoms with E-state index in [9.17, 15) is 17.6 Å². The largest absolute Gasteiger partial charge is 0.309 e. The minimum Gasteiger partial charge on any atom is -0.309 e. The molecular weight excluding hydrogens is 455 g/mol. The third-order valence-electron chi connectivity index (χ3n) is 5.28. The summed E-state index contributed by atoms with van der Waals surface area (Å²) in [5, 5.41) is 7.51. The summed E-state index contributed by atoms with van der Waals surface area (Å²) < 4.78 is 42.4. The second-order valence-corrected chi connectivity index (χ2v) is 11.0. The van der Waals surface area contributed by atoms with Crippen molar-refractivity contribution in [3.8, 4) is 5.69 Å². The molecule has 0 aliphatic rings. The number of carbonyl (C=O) groups is 1. The molecule has 0 saturated carbocycles. The van der Waals surface area contributed by atoms with Gasteiger partial charge in [0.2, 0.25) is 15.9 Å². The van der Waals surface area contributed by atoms with Crippen molar-refractivity contribution in [2.24, 2.45) is 0 Å². The number of amides is 1. The number of sulfonamides is 1. The van der Waals surface area contributed by atoms with Crippen molar-refractivity contribution < 1.29 is 17.6 Å². The maximum Gasteiger partial charge on any atom is 0.243 e. The topological polar surface area (TPSA) is 84.3 Å². The smallest absolute Gasteiger partial charge is 0.243 e. The molecule has 0 saturated heterocycles. The number of anilines is 1. The molecule has 0 radical (unpaired) electrons. The Morgan fingerprint density at radius 2 is 1.74 bits per heavy atom. The number of nitrogens with one attached hydrogen (secondary N) is 1. The van der Waals surface area contributed by atoms with Crippen LogP contribution in [0, 0.1) is 5.82 Å². The lowest BCUT2D eigenvalue weighted by Gasteiger charge is -2.21. The van der Waals surface area contributed by atoms with Crippen molar-refractivity contribution in [2.45, 2.75) is 50.8 Å². The normalized spacial score (nSPS) is 12.2. The number of unbranched alkanes of at least 4 members (excludes halogenated alkanes) is 1. The van der Waals surface area contributed by atoms with E-state index >= 15 is 0 Å². The lowest BCUT2D eigenvalue weighted by atomic mass is 9.92. The molecule has 0 aliphatic carbocycles. The zero-order valence-corrected chi connectivity index (χ0v) is 20.8. The molecule has 1 N–H and O–H groups in total. The molecule has 0 aliphatic heterocycles. The highest BCUT2D eigenvalue weighted by molar-refractivity contribution is 7.89. The maximum atomic E-state index is 13.3. The van der Waals surface area contributed by atoms with Crippen molar-refractivity contribution in [1.29, 1.82) is 0 Å². The van der Waals surface area contributed by atoms with E-state index < -0.39 is 21.7 Å². The SMILES string of the molecule is CCCCN(CC(=O)Nc1cc(C(C)(C)C)nn1-c1ccccc1)S(=O)(=O)c1ccc(F)cc1. The van der Waals surface area contributed by atoms with Gasteiger partial charge in [0, 0.05) is 18.0 Å². The van der Waals surface area contributed by atoms with E-state index in [0.717, 1.165) is 34.2 Å². The molecule has 3 rings (SSSR count). The second kappa shape index (κ2) is 10.5. The summed E-state index contributed by atoms with van der Waals surface area (Å²) in [6.07, 6.45) is 1.34. The van der Waals surface area contributed by atoms with Gasteiger partial charge in [0.05, 0.1) is 22.8 Å². The number of carbonyl (C=O) groups excluding carboxylic acids is 1. The number of hydrogen-bond acceptors (Lipinski definition) is 4. The fourth-order valence-electron chi connectivity index (χ4n) is 3.32. The monoisotopic (exact) mass is 486 g/mol. The van der Waals surface area contributed by atoms with E-state index in [1.165, 1.54) is 12.1 Å². The van der Waals surface area contributed by atoms with Crippen molar-refractivity contribution >= 4 is 21.7 Å². The zero-order chi connectivity index (χ0) is 24.9. The van der Waals surface area contributed by atoms with Crippen molar-refractivity contribution in [1.82, 2.24) is 14.1 Å². The predicted octanol–water partition coefficient (Wildman–Crippen LogP) is 4.74. The Morgan fingerprint density at radius 1 is 1.09 bits per heavy atom. The summed E-state index contributed by atoms with van der Waals surface area (Å²) in [5.74, 6) is -0.560. The van der Waals surface area contributed by atoms with Crippen molar-refractivity contribution in [3.63, 3.8) is 0 Å². The van der Waals surface area contributed by atoms with Gasteiger partial charge in [-0.15, -0.1) is 0 Å². The Bertz CT molecular complexity index is 1220. The fraction of sp³-hybridized carbons (Fsp3) is 0.360. The van der Waals surface area contributed by atoms with Gasteiger partial charge in [-0.2, -0.15) is 9.40 Å². The number of rotatable bonds is 9. The molecule has 7 nitrogen and oxygen atoms in total. The molecule has 1 aromatic heterocycles. The van der Waals surface area contributed by atoms with Crippen molar-refractivity contribution in [3.05, 3.63) is 72.2 Å². The standard InChI is InChI=1S/C25H31FN4O3S/c1-5-6-16-29(34(32,33)21-14-12-19(26)13-15-21)18-24(31)27-23-17-22(25(2,3)4)28-30(23)20-10-8-7-9-11-20/h7-15,17H,5-6,16,18H2,1-4H3,(H,27,31). The summed E-state index contributed by atoms with van der Waals surface area (Å²) in [6.45, 7) is 7.82. The Kier molecular flexibility index (Phi) is 7.89. The quantitative estimate of drug-likeness (QED) is 0.474. The first-order chi connectivity index (χ1) is 16.0. The van der Waals surface area contributed by atoms with Gasteiger partial charge in [-0.05, 0) is 42.8 Å². The van der Waals surface area contributed by atoms with E-state index in [4.69, 9.17) is 0 Å². The molecule has 0 atom stereocenters. The molecule has 9 heteroatoms. The third kappa shape index (κ3) is 6.09. The molecule has 0 bridgehead atoms. The van der Waals surface area contributed by atoms with Crippen LogP contribution in [-0.4, -0.2) is 41.5 Å². The summed E-state index contributed by atoms with van der Waals surface area (Å²) in [6, 6.07) is 15.8. The molecule has 1 heterocycles. The Balaban J connectivity index is 1.88. The van der Waals surface area contributed by atoms with Gasteiger partial charge in [-0.1, -0.05) is 52.3 Å². The van der Waals surface area contributed by atoms with Crippen LogP contribution in [0.25, 0.3) is 5.69 Å². The second-order valence-electron chi connectivity index (χ2n) is 9.11. The first-order valence-electron chi connectivity index (χ1n) is 11.2. The number of para-hydroxylation sites is 1. The Hall–Kier alpha value is -3.04. The maximum absolute atomic E-state index is 13.3. The molecule has 0 unspecified atom stereocenters. The minimum absolute atomic E-state index is 0.0536. The molecule has 0 spiro atoms. The van der Waals surface area contributed by atoms with Crippen molar-refractivity contribution in [2.75, 3.05) is 18.4 Å². The average Bonchev–Trinajstić information content (AvgIpc) is 3.21. The van der Waals surface area contributed by atoms with Crippen LogP contribution in [0.3, 0.4) is 0 Å². The number of hydrogen-bond donors (Lipinski definition) is 1. The van der Waals surface area contributed by atoms with Crippen LogP contribution in [0.5, 0.6) is 0 Å². The molecule has 34 heavy (non-hydrogen) atoms. The van der Waals surface area contributed by atoms with Crippen LogP contribution < -0.4 is 5.32 Å². The average molecular weight is 487 g/mol. The first kappa shape index (κ1) is 25.6. The van der Waals surface area contributed by atoms with Crippen LogP contribution in [-0.2, 0) is 20.2 Å². The Labute approximate surface area is 200 Å². The van der Waals surface area contributed by atoms with Gasteiger partial charge in [-0.25, -0.2) is 17.5 Å². The minimum atomic E-state index is -3.97. The summed E-state index contributed by atoms with van der Waals surface area (Å²) >= 11 is 0. The predicted molar refractivity (Wildman–Crippen MR) is 131 cm³/mol. The number of halogens is 1. The summed E-state index contributed by atoms with van der Waals surface area (Å²) in [4.78, 5) is 13.0. The first-order valence-corrected chi connectivity index (χ1v) is 12.7. The van der Waals surface area contributed by atoms with E-state index in [1.807, 2.05) is 58.0 Å². The van der Waals surface area contributed by atoms with Gasteiger partial charge >= 0.3 is 0 Å². The molecule has 1 amide bonds. The highest BCUT2D eigenvalue weighted by atomic mass is 32.2. The van der Waals surface area contributed by atoms with Gasteiger partial charge in [0.25, 0.3) is 0 Å². The fourth-order valence-corrected chi connectivity index (χ4v) is 4.75. The molecule has 2 aromatic carbocycles. The van der Waals surface area contributed by atoms with Gasteiger partial charge in [0.15, 0.2) is 0 Å². The van der Waals surface area contributed by atoms with E-state index in [0.29, 0.717) is 12.2 Å². The zero-order valence-electron chi connectivity index (χ0n) is 20.0. The lowest BCUT2D eigenvalue weighted by molar-refractivity contribution is -0.116. The van der Waals surface area contributed by atoms with Crippen LogP contribution >= 0.6 is 0 Å². The molecular formula is C25H31FN4O3S. The van der Waals surface area contributed by atoms with Crippen LogP contribution in [0.2, 0.25) is 0 Å². The van der Waals surface area contributed by atoms with E-state index in [2.05, 4.69) is 10.4 Å².